The Labute approximate surface area is 200 Å². The van der Waals surface area contributed by atoms with Gasteiger partial charge in [-0.05, 0) is 29.8 Å². The SMILES string of the molecule is COC(=O)c1cc(N)cc(Nc2c(C(N)=O)cnc3cc(-c4cnc(OC)nc4OC)ccc23)c1. The Kier molecular flexibility index (Phi) is 6.32. The average Bonchev–Trinajstić information content (AvgIpc) is 2.87. The minimum absolute atomic E-state index is 0.164. The first-order valence-electron chi connectivity index (χ1n) is 10.3. The summed E-state index contributed by atoms with van der Waals surface area (Å²) < 4.78 is 15.2. The van der Waals surface area contributed by atoms with Gasteiger partial charge >= 0.3 is 12.0 Å². The van der Waals surface area contributed by atoms with Crippen LogP contribution in [0.3, 0.4) is 0 Å². The van der Waals surface area contributed by atoms with E-state index in [2.05, 4.69) is 20.3 Å². The molecule has 0 aliphatic carbocycles. The second-order valence-electron chi connectivity index (χ2n) is 7.38. The minimum Gasteiger partial charge on any atom is -0.480 e. The van der Waals surface area contributed by atoms with Gasteiger partial charge in [-0.1, -0.05) is 12.1 Å². The van der Waals surface area contributed by atoms with Gasteiger partial charge < -0.3 is 31.0 Å². The monoisotopic (exact) mass is 474 g/mol. The van der Waals surface area contributed by atoms with Crippen molar-refractivity contribution in [1.82, 2.24) is 15.0 Å². The fraction of sp³-hybridized carbons (Fsp3) is 0.125. The predicted octanol–water partition coefficient (Wildman–Crippen LogP) is 2.92. The number of nitrogens with one attached hydrogen (secondary N) is 1. The van der Waals surface area contributed by atoms with Crippen molar-refractivity contribution < 1.29 is 23.8 Å². The number of amides is 1. The molecule has 2 aromatic heterocycles. The van der Waals surface area contributed by atoms with Gasteiger partial charge in [-0.2, -0.15) is 4.98 Å². The summed E-state index contributed by atoms with van der Waals surface area (Å²) in [6.07, 6.45) is 2.97. The van der Waals surface area contributed by atoms with Gasteiger partial charge in [0.1, 0.15) is 0 Å². The zero-order chi connectivity index (χ0) is 25.1. The Hall–Kier alpha value is -4.93. The predicted molar refractivity (Wildman–Crippen MR) is 130 cm³/mol. The van der Waals surface area contributed by atoms with Crippen molar-refractivity contribution in [2.45, 2.75) is 0 Å². The lowest BCUT2D eigenvalue weighted by molar-refractivity contribution is 0.0600. The second kappa shape index (κ2) is 9.51. The van der Waals surface area contributed by atoms with E-state index in [-0.39, 0.29) is 17.1 Å². The molecule has 11 nitrogen and oxygen atoms in total. The van der Waals surface area contributed by atoms with Crippen LogP contribution in [0.1, 0.15) is 20.7 Å². The molecule has 0 aliphatic rings. The Morgan fingerprint density at radius 1 is 0.971 bits per heavy atom. The summed E-state index contributed by atoms with van der Waals surface area (Å²) in [6.45, 7) is 0. The van der Waals surface area contributed by atoms with E-state index in [0.29, 0.717) is 39.4 Å². The molecule has 0 aliphatic heterocycles. The summed E-state index contributed by atoms with van der Waals surface area (Å²) in [5, 5.41) is 3.77. The number of ether oxygens (including phenoxy) is 3. The van der Waals surface area contributed by atoms with Gasteiger partial charge in [-0.15, -0.1) is 0 Å². The van der Waals surface area contributed by atoms with Crippen molar-refractivity contribution in [3.8, 4) is 23.0 Å². The Morgan fingerprint density at radius 3 is 2.46 bits per heavy atom. The van der Waals surface area contributed by atoms with Gasteiger partial charge in [-0.3, -0.25) is 9.78 Å². The third-order valence-corrected chi connectivity index (χ3v) is 5.20. The number of pyridine rings is 1. The zero-order valence-electron chi connectivity index (χ0n) is 19.2. The fourth-order valence-corrected chi connectivity index (χ4v) is 3.59. The number of methoxy groups -OCH3 is 3. The molecule has 4 rings (SSSR count). The molecular formula is C24H22N6O5. The summed E-state index contributed by atoms with van der Waals surface area (Å²) in [7, 11) is 4.24. The lowest BCUT2D eigenvalue weighted by Crippen LogP contribution is -2.14. The highest BCUT2D eigenvalue weighted by Gasteiger charge is 2.17. The van der Waals surface area contributed by atoms with Gasteiger partial charge in [0.05, 0.1) is 49.2 Å². The van der Waals surface area contributed by atoms with E-state index in [1.807, 2.05) is 6.07 Å². The van der Waals surface area contributed by atoms with Crippen molar-refractivity contribution in [2.75, 3.05) is 32.4 Å². The van der Waals surface area contributed by atoms with Crippen LogP contribution in [0.2, 0.25) is 0 Å². The minimum atomic E-state index is -0.673. The highest BCUT2D eigenvalue weighted by atomic mass is 16.5. The molecule has 0 saturated heterocycles. The lowest BCUT2D eigenvalue weighted by atomic mass is 10.0. The molecule has 0 atom stereocenters. The second-order valence-corrected chi connectivity index (χ2v) is 7.38. The molecule has 2 heterocycles. The maximum Gasteiger partial charge on any atom is 0.337 e. The Bertz CT molecular complexity index is 1460. The van der Waals surface area contributed by atoms with Crippen LogP contribution in [0.25, 0.3) is 22.0 Å². The smallest absolute Gasteiger partial charge is 0.337 e. The van der Waals surface area contributed by atoms with Crippen LogP contribution in [0.5, 0.6) is 11.9 Å². The molecule has 4 aromatic rings. The zero-order valence-corrected chi connectivity index (χ0v) is 19.2. The van der Waals surface area contributed by atoms with Crippen molar-refractivity contribution in [2.24, 2.45) is 5.73 Å². The molecule has 178 valence electrons. The standard InChI is InChI=1S/C24H22N6O5/c1-33-22-17(10-28-24(30-22)35-3)12-4-5-16-19(8-12)27-11-18(21(26)31)20(16)29-15-7-13(23(32)34-2)6-14(25)9-15/h4-11H,25H2,1-3H3,(H2,26,31)(H,27,29). The summed E-state index contributed by atoms with van der Waals surface area (Å²) in [4.78, 5) is 37.0. The Morgan fingerprint density at radius 2 is 1.77 bits per heavy atom. The van der Waals surface area contributed by atoms with E-state index in [1.165, 1.54) is 33.6 Å². The van der Waals surface area contributed by atoms with Crippen molar-refractivity contribution >= 4 is 39.8 Å². The number of hydrogen-bond donors (Lipinski definition) is 3. The number of benzene rings is 2. The van der Waals surface area contributed by atoms with Crippen LogP contribution >= 0.6 is 0 Å². The summed E-state index contributed by atoms with van der Waals surface area (Å²) in [6, 6.07) is 10.3. The number of nitrogens with zero attached hydrogens (tertiary/aromatic N) is 3. The number of anilines is 3. The van der Waals surface area contributed by atoms with E-state index in [4.69, 9.17) is 25.7 Å². The van der Waals surface area contributed by atoms with Crippen LogP contribution in [0.15, 0.2) is 48.8 Å². The highest BCUT2D eigenvalue weighted by molar-refractivity contribution is 6.08. The van der Waals surface area contributed by atoms with Gasteiger partial charge in [0.15, 0.2) is 0 Å². The molecule has 0 fully saturated rings. The number of hydrogen-bond acceptors (Lipinski definition) is 10. The third kappa shape index (κ3) is 4.60. The van der Waals surface area contributed by atoms with Gasteiger partial charge in [-0.25, -0.2) is 9.78 Å². The van der Waals surface area contributed by atoms with Gasteiger partial charge in [0.2, 0.25) is 5.88 Å². The molecule has 0 radical (unpaired) electrons. The fourth-order valence-electron chi connectivity index (χ4n) is 3.59. The normalized spacial score (nSPS) is 10.6. The van der Waals surface area contributed by atoms with Crippen LogP contribution in [0.4, 0.5) is 17.1 Å². The molecule has 35 heavy (non-hydrogen) atoms. The number of nitrogens with two attached hydrogens (primary N) is 2. The summed E-state index contributed by atoms with van der Waals surface area (Å²) in [5.74, 6) is -0.887. The molecule has 0 spiro atoms. The number of carbonyl (C=O) groups excluding carboxylic acids is 2. The number of carbonyl (C=O) groups is 2. The third-order valence-electron chi connectivity index (χ3n) is 5.20. The van der Waals surface area contributed by atoms with Crippen molar-refractivity contribution in [1.29, 1.82) is 0 Å². The first-order valence-corrected chi connectivity index (χ1v) is 10.3. The maximum absolute atomic E-state index is 12.2. The molecule has 0 bridgehead atoms. The highest BCUT2D eigenvalue weighted by Crippen LogP contribution is 2.35. The van der Waals surface area contributed by atoms with Crippen LogP contribution in [-0.4, -0.2) is 48.2 Å². The van der Waals surface area contributed by atoms with Gasteiger partial charge in [0.25, 0.3) is 5.91 Å². The Balaban J connectivity index is 1.84. The maximum atomic E-state index is 12.2. The molecular weight excluding hydrogens is 452 g/mol. The lowest BCUT2D eigenvalue weighted by Gasteiger charge is -2.15. The summed E-state index contributed by atoms with van der Waals surface area (Å²) >= 11 is 0. The molecule has 11 heteroatoms. The van der Waals surface area contributed by atoms with Crippen LogP contribution < -0.4 is 26.3 Å². The van der Waals surface area contributed by atoms with Gasteiger partial charge in [0, 0.05) is 29.2 Å². The number of rotatable bonds is 7. The molecule has 2 aromatic carbocycles. The number of nitrogen functional groups attached to an aromatic ring is 1. The van der Waals surface area contributed by atoms with E-state index < -0.39 is 11.9 Å². The van der Waals surface area contributed by atoms with Crippen LogP contribution in [-0.2, 0) is 4.74 Å². The summed E-state index contributed by atoms with van der Waals surface area (Å²) in [5.41, 5.74) is 15.1. The first kappa shape index (κ1) is 23.2. The van der Waals surface area contributed by atoms with E-state index >= 15 is 0 Å². The van der Waals surface area contributed by atoms with E-state index in [1.54, 1.807) is 30.5 Å². The molecule has 1 amide bonds. The molecule has 5 N–H and O–H groups in total. The number of aromatic nitrogens is 3. The number of fused-ring (bicyclic) bond motifs is 1. The largest absolute Gasteiger partial charge is 0.480 e. The molecule has 0 saturated carbocycles. The van der Waals surface area contributed by atoms with Crippen LogP contribution in [0, 0.1) is 0 Å². The molecule has 0 unspecified atom stereocenters. The topological polar surface area (TPSA) is 165 Å². The van der Waals surface area contributed by atoms with E-state index in [0.717, 1.165) is 5.56 Å². The number of primary amides is 1. The first-order chi connectivity index (χ1) is 16.8. The van der Waals surface area contributed by atoms with Crippen molar-refractivity contribution in [3.63, 3.8) is 0 Å². The number of esters is 1. The van der Waals surface area contributed by atoms with E-state index in [9.17, 15) is 9.59 Å². The quantitative estimate of drug-likeness (QED) is 0.268. The van der Waals surface area contributed by atoms with Crippen molar-refractivity contribution in [3.05, 3.63) is 59.9 Å². The average molecular weight is 474 g/mol.